The molecule has 3 aromatic rings. The number of nitrogens with two attached hydrogens (primary N) is 1. The van der Waals surface area contributed by atoms with Crippen molar-refractivity contribution >= 4 is 11.8 Å². The summed E-state index contributed by atoms with van der Waals surface area (Å²) in [7, 11) is 0. The van der Waals surface area contributed by atoms with Crippen LogP contribution in [0.3, 0.4) is 0 Å². The average Bonchev–Trinajstić information content (AvgIpc) is 3.17. The van der Waals surface area contributed by atoms with E-state index in [1.165, 1.54) is 31.3 Å². The molecule has 0 fully saturated rings. The fourth-order valence-electron chi connectivity index (χ4n) is 3.70. The van der Waals surface area contributed by atoms with E-state index >= 15 is 0 Å². The van der Waals surface area contributed by atoms with Crippen LogP contribution in [0, 0.1) is 5.82 Å². The van der Waals surface area contributed by atoms with Gasteiger partial charge in [-0.1, -0.05) is 0 Å². The number of alkyl halides is 3. The third kappa shape index (κ3) is 4.63. The third-order valence-corrected chi connectivity index (χ3v) is 5.82. The molecule has 4 rings (SSSR count). The first-order valence-corrected chi connectivity index (χ1v) is 10.4. The number of nitrogens with one attached hydrogen (secondary N) is 1. The van der Waals surface area contributed by atoms with Gasteiger partial charge in [0, 0.05) is 17.7 Å². The predicted octanol–water partition coefficient (Wildman–Crippen LogP) is 2.89. The predicted molar refractivity (Wildman–Crippen MR) is 115 cm³/mol. The van der Waals surface area contributed by atoms with E-state index in [-0.39, 0.29) is 34.7 Å². The van der Waals surface area contributed by atoms with E-state index in [0.29, 0.717) is 0 Å². The highest BCUT2D eigenvalue weighted by atomic mass is 19.4. The molecule has 0 radical (unpaired) electrons. The van der Waals surface area contributed by atoms with Gasteiger partial charge in [0.05, 0.1) is 23.7 Å². The van der Waals surface area contributed by atoms with Crippen molar-refractivity contribution in [3.8, 4) is 17.0 Å². The lowest BCUT2D eigenvalue weighted by Crippen LogP contribution is -2.40. The molecular formula is C23H19F4N5O3. The minimum absolute atomic E-state index is 0.00128. The number of halogens is 4. The molecule has 0 unspecified atom stereocenters. The first-order valence-electron chi connectivity index (χ1n) is 10.4. The molecule has 0 bridgehead atoms. The quantitative estimate of drug-likeness (QED) is 0.514. The highest BCUT2D eigenvalue weighted by Crippen LogP contribution is 2.46. The van der Waals surface area contributed by atoms with Gasteiger partial charge in [-0.2, -0.15) is 23.4 Å². The Balaban J connectivity index is 1.80. The summed E-state index contributed by atoms with van der Waals surface area (Å²) in [5.74, 6) is -4.26. The fourth-order valence-corrected chi connectivity index (χ4v) is 3.70. The lowest BCUT2D eigenvalue weighted by molar-refractivity contribution is -0.149. The van der Waals surface area contributed by atoms with Crippen LogP contribution in [0.15, 0.2) is 48.8 Å². The molecule has 0 spiro atoms. The number of rotatable bonds is 6. The third-order valence-electron chi connectivity index (χ3n) is 5.82. The zero-order chi connectivity index (χ0) is 25.4. The van der Waals surface area contributed by atoms with E-state index in [1.54, 1.807) is 0 Å². The second-order valence-corrected chi connectivity index (χ2v) is 8.20. The molecule has 0 aliphatic carbocycles. The molecule has 3 N–H and O–H groups in total. The second-order valence-electron chi connectivity index (χ2n) is 8.20. The molecular weight excluding hydrogens is 470 g/mol. The van der Waals surface area contributed by atoms with E-state index in [2.05, 4.69) is 20.5 Å². The van der Waals surface area contributed by atoms with Crippen molar-refractivity contribution in [2.24, 2.45) is 5.73 Å². The molecule has 2 aromatic heterocycles. The van der Waals surface area contributed by atoms with Crippen LogP contribution in [0.2, 0.25) is 0 Å². The maximum Gasteiger partial charge on any atom is 0.398 e. The number of primary amides is 1. The van der Waals surface area contributed by atoms with Crippen LogP contribution < -0.4 is 15.8 Å². The van der Waals surface area contributed by atoms with Gasteiger partial charge in [-0.05, 0) is 43.3 Å². The van der Waals surface area contributed by atoms with Gasteiger partial charge in [0.1, 0.15) is 35.2 Å². The van der Waals surface area contributed by atoms with Crippen molar-refractivity contribution in [3.05, 3.63) is 71.4 Å². The lowest BCUT2D eigenvalue weighted by Gasteiger charge is -2.24. The monoisotopic (exact) mass is 489 g/mol. The van der Waals surface area contributed by atoms with Crippen molar-refractivity contribution in [1.29, 1.82) is 0 Å². The molecule has 3 heterocycles. The van der Waals surface area contributed by atoms with Crippen molar-refractivity contribution in [1.82, 2.24) is 20.5 Å². The van der Waals surface area contributed by atoms with E-state index in [9.17, 15) is 27.2 Å². The standard InChI is InChI=1S/C23H19F4N5O3/c1-22(21(28)34)11-35-19-15(22)8-17(32-18(19)12-2-4-14(24)5-3-12)16(23(25,26)27)10-29-20(33)13-6-7-30-31-9-13/h2-9,16H,10-11H2,1H3,(H2,28,34)(H,29,33)/t16-,22+/m1/s1. The van der Waals surface area contributed by atoms with Gasteiger partial charge in [0.25, 0.3) is 5.91 Å². The number of amides is 2. The van der Waals surface area contributed by atoms with Gasteiger partial charge in [-0.25, -0.2) is 9.37 Å². The summed E-state index contributed by atoms with van der Waals surface area (Å²) in [5.41, 5.74) is 4.13. The zero-order valence-electron chi connectivity index (χ0n) is 18.3. The zero-order valence-corrected chi connectivity index (χ0v) is 18.3. The molecule has 1 aliphatic heterocycles. The van der Waals surface area contributed by atoms with Crippen LogP contribution in [-0.2, 0) is 10.2 Å². The molecule has 0 saturated carbocycles. The van der Waals surface area contributed by atoms with Gasteiger partial charge in [0.2, 0.25) is 5.91 Å². The van der Waals surface area contributed by atoms with Crippen LogP contribution in [-0.4, -0.2) is 46.3 Å². The van der Waals surface area contributed by atoms with Gasteiger partial charge < -0.3 is 15.8 Å². The summed E-state index contributed by atoms with van der Waals surface area (Å²) in [6.07, 6.45) is -2.46. The topological polar surface area (TPSA) is 120 Å². The molecule has 8 nitrogen and oxygen atoms in total. The largest absolute Gasteiger partial charge is 0.489 e. The van der Waals surface area contributed by atoms with Crippen LogP contribution in [0.1, 0.15) is 34.5 Å². The summed E-state index contributed by atoms with van der Waals surface area (Å²) >= 11 is 0. The molecule has 2 atom stereocenters. The van der Waals surface area contributed by atoms with Crippen molar-refractivity contribution in [3.63, 3.8) is 0 Å². The number of nitrogens with zero attached hydrogens (tertiary/aromatic N) is 3. The SMILES string of the molecule is C[C@]1(C(N)=O)COc2c1cc([C@@H](CNC(=O)c1ccnnc1)C(F)(F)F)nc2-c1ccc(F)cc1. The number of carbonyl (C=O) groups excluding carboxylic acids is 2. The maximum atomic E-state index is 14.2. The van der Waals surface area contributed by atoms with Gasteiger partial charge >= 0.3 is 6.18 Å². The summed E-state index contributed by atoms with van der Waals surface area (Å²) in [6, 6.07) is 7.36. The van der Waals surface area contributed by atoms with Crippen molar-refractivity contribution in [2.45, 2.75) is 24.4 Å². The highest BCUT2D eigenvalue weighted by molar-refractivity contribution is 5.93. The normalized spacial score (nSPS) is 17.9. The van der Waals surface area contributed by atoms with Crippen molar-refractivity contribution in [2.75, 3.05) is 13.2 Å². The Morgan fingerprint density at radius 2 is 1.91 bits per heavy atom. The maximum absolute atomic E-state index is 14.2. The first kappa shape index (κ1) is 24.0. The van der Waals surface area contributed by atoms with Gasteiger partial charge in [-0.15, -0.1) is 0 Å². The van der Waals surface area contributed by atoms with E-state index in [1.807, 2.05) is 0 Å². The number of hydrogen-bond acceptors (Lipinski definition) is 6. The Bertz CT molecular complexity index is 1270. The number of aromatic nitrogens is 3. The average molecular weight is 489 g/mol. The smallest absolute Gasteiger partial charge is 0.398 e. The van der Waals surface area contributed by atoms with Crippen molar-refractivity contribution < 1.29 is 31.9 Å². The summed E-state index contributed by atoms with van der Waals surface area (Å²) in [5, 5.41) is 9.30. The number of fused-ring (bicyclic) bond motifs is 1. The lowest BCUT2D eigenvalue weighted by atomic mass is 9.82. The Labute approximate surface area is 196 Å². The number of ether oxygens (including phenoxy) is 1. The number of benzene rings is 1. The molecule has 12 heteroatoms. The minimum atomic E-state index is -4.81. The Morgan fingerprint density at radius 1 is 1.20 bits per heavy atom. The van der Waals surface area contributed by atoms with E-state index < -0.39 is 47.4 Å². The Morgan fingerprint density at radius 3 is 2.51 bits per heavy atom. The number of carbonyl (C=O) groups is 2. The molecule has 2 amide bonds. The molecule has 1 aliphatic rings. The Hall–Kier alpha value is -4.09. The van der Waals surface area contributed by atoms with E-state index in [4.69, 9.17) is 10.5 Å². The molecule has 35 heavy (non-hydrogen) atoms. The van der Waals surface area contributed by atoms with Gasteiger partial charge in [-0.3, -0.25) is 9.59 Å². The second kappa shape index (κ2) is 8.93. The van der Waals surface area contributed by atoms with Crippen LogP contribution in [0.25, 0.3) is 11.3 Å². The van der Waals surface area contributed by atoms with Gasteiger partial charge in [0.15, 0.2) is 0 Å². The van der Waals surface area contributed by atoms with Crippen LogP contribution >= 0.6 is 0 Å². The Kier molecular flexibility index (Phi) is 6.14. The minimum Gasteiger partial charge on any atom is -0.489 e. The number of pyridine rings is 1. The van der Waals surface area contributed by atoms with Crippen LogP contribution in [0.4, 0.5) is 17.6 Å². The molecule has 1 aromatic carbocycles. The highest BCUT2D eigenvalue weighted by Gasteiger charge is 2.47. The summed E-state index contributed by atoms with van der Waals surface area (Å²) < 4.78 is 61.6. The first-order chi connectivity index (χ1) is 16.5. The molecule has 182 valence electrons. The summed E-state index contributed by atoms with van der Waals surface area (Å²) in [4.78, 5) is 28.7. The van der Waals surface area contributed by atoms with E-state index in [0.717, 1.165) is 24.4 Å². The number of hydrogen-bond donors (Lipinski definition) is 2. The summed E-state index contributed by atoms with van der Waals surface area (Å²) in [6.45, 7) is 0.424. The fraction of sp³-hybridized carbons (Fsp3) is 0.261. The molecule has 0 saturated heterocycles. The van der Waals surface area contributed by atoms with Crippen LogP contribution in [0.5, 0.6) is 5.75 Å².